The molecule has 6 heteroatoms. The first kappa shape index (κ1) is 14.4. The SMILES string of the molecule is Cc1noc(CNCC(O)COC2CCCCC2)n1. The molecule has 0 radical (unpaired) electrons. The molecule has 1 aliphatic rings. The second-order valence-electron chi connectivity index (χ2n) is 5.11. The number of nitrogens with zero attached hydrogens (tertiary/aromatic N) is 2. The minimum atomic E-state index is -0.494. The number of aryl methyl sites for hydroxylation is 1. The second kappa shape index (κ2) is 7.57. The van der Waals surface area contributed by atoms with Gasteiger partial charge in [-0.25, -0.2) is 0 Å². The summed E-state index contributed by atoms with van der Waals surface area (Å²) in [6.07, 6.45) is 5.90. The summed E-state index contributed by atoms with van der Waals surface area (Å²) in [4.78, 5) is 4.07. The topological polar surface area (TPSA) is 80.4 Å². The molecule has 2 N–H and O–H groups in total. The van der Waals surface area contributed by atoms with E-state index >= 15 is 0 Å². The van der Waals surface area contributed by atoms with E-state index in [1.54, 1.807) is 6.92 Å². The van der Waals surface area contributed by atoms with Crippen molar-refractivity contribution in [1.82, 2.24) is 15.5 Å². The molecule has 1 heterocycles. The minimum absolute atomic E-state index is 0.335. The van der Waals surface area contributed by atoms with Gasteiger partial charge < -0.3 is 19.7 Å². The molecule has 1 unspecified atom stereocenters. The van der Waals surface area contributed by atoms with Crippen LogP contribution in [-0.2, 0) is 11.3 Å². The Hall–Kier alpha value is -0.980. The van der Waals surface area contributed by atoms with E-state index in [1.165, 1.54) is 19.3 Å². The van der Waals surface area contributed by atoms with Crippen LogP contribution in [0.5, 0.6) is 0 Å². The van der Waals surface area contributed by atoms with Crippen LogP contribution < -0.4 is 5.32 Å². The lowest BCUT2D eigenvalue weighted by atomic mass is 9.98. The molecule has 0 amide bonds. The normalized spacial score (nSPS) is 18.6. The summed E-state index contributed by atoms with van der Waals surface area (Å²) in [6, 6.07) is 0. The first-order valence-corrected chi connectivity index (χ1v) is 7.03. The van der Waals surface area contributed by atoms with Crippen LogP contribution in [0.15, 0.2) is 4.52 Å². The van der Waals surface area contributed by atoms with Crippen molar-refractivity contribution in [3.8, 4) is 0 Å². The molecule has 6 nitrogen and oxygen atoms in total. The first-order valence-electron chi connectivity index (χ1n) is 7.03. The Morgan fingerprint density at radius 1 is 1.42 bits per heavy atom. The van der Waals surface area contributed by atoms with Crippen molar-refractivity contribution in [2.75, 3.05) is 13.2 Å². The third-order valence-corrected chi connectivity index (χ3v) is 3.30. The number of ether oxygens (including phenoxy) is 1. The Balaban J connectivity index is 1.55. The van der Waals surface area contributed by atoms with Gasteiger partial charge in [0.05, 0.1) is 25.4 Å². The van der Waals surface area contributed by atoms with Crippen LogP contribution in [0, 0.1) is 6.92 Å². The molecule has 0 saturated heterocycles. The van der Waals surface area contributed by atoms with E-state index < -0.39 is 6.10 Å². The highest BCUT2D eigenvalue weighted by atomic mass is 16.5. The Morgan fingerprint density at radius 3 is 2.89 bits per heavy atom. The van der Waals surface area contributed by atoms with Gasteiger partial charge in [0, 0.05) is 6.54 Å². The first-order chi connectivity index (χ1) is 9.24. The van der Waals surface area contributed by atoms with Crippen LogP contribution in [0.2, 0.25) is 0 Å². The van der Waals surface area contributed by atoms with E-state index in [-0.39, 0.29) is 0 Å². The average Bonchev–Trinajstić information content (AvgIpc) is 2.83. The van der Waals surface area contributed by atoms with Gasteiger partial charge >= 0.3 is 0 Å². The number of nitrogens with one attached hydrogen (secondary N) is 1. The van der Waals surface area contributed by atoms with Gasteiger partial charge in [-0.15, -0.1) is 0 Å². The highest BCUT2D eigenvalue weighted by molar-refractivity contribution is 4.82. The van der Waals surface area contributed by atoms with E-state index in [9.17, 15) is 5.11 Å². The molecule has 1 saturated carbocycles. The largest absolute Gasteiger partial charge is 0.389 e. The Kier molecular flexibility index (Phi) is 5.75. The fourth-order valence-electron chi connectivity index (χ4n) is 2.30. The van der Waals surface area contributed by atoms with Gasteiger partial charge in [0.25, 0.3) is 0 Å². The van der Waals surface area contributed by atoms with Gasteiger partial charge in [-0.05, 0) is 19.8 Å². The quantitative estimate of drug-likeness (QED) is 0.773. The zero-order valence-corrected chi connectivity index (χ0v) is 11.5. The van der Waals surface area contributed by atoms with Crippen molar-refractivity contribution in [3.63, 3.8) is 0 Å². The molecule has 0 bridgehead atoms. The number of rotatable bonds is 7. The van der Waals surface area contributed by atoms with Gasteiger partial charge in [-0.2, -0.15) is 4.98 Å². The fourth-order valence-corrected chi connectivity index (χ4v) is 2.30. The van der Waals surface area contributed by atoms with Gasteiger partial charge in [0.15, 0.2) is 5.82 Å². The molecular formula is C13H23N3O3. The Labute approximate surface area is 113 Å². The molecule has 108 valence electrons. The highest BCUT2D eigenvalue weighted by Gasteiger charge is 2.15. The molecule has 1 aromatic rings. The van der Waals surface area contributed by atoms with Gasteiger partial charge in [-0.3, -0.25) is 0 Å². The maximum atomic E-state index is 9.81. The summed E-state index contributed by atoms with van der Waals surface area (Å²) in [5, 5.41) is 16.6. The van der Waals surface area contributed by atoms with E-state index in [0.717, 1.165) is 12.8 Å². The van der Waals surface area contributed by atoms with Gasteiger partial charge in [0.1, 0.15) is 0 Å². The molecule has 0 aromatic carbocycles. The van der Waals surface area contributed by atoms with Crippen molar-refractivity contribution in [1.29, 1.82) is 0 Å². The van der Waals surface area contributed by atoms with Crippen molar-refractivity contribution < 1.29 is 14.4 Å². The molecule has 2 rings (SSSR count). The molecule has 0 aliphatic heterocycles. The third kappa shape index (κ3) is 5.26. The van der Waals surface area contributed by atoms with Crippen molar-refractivity contribution in [3.05, 3.63) is 11.7 Å². The number of aliphatic hydroxyl groups is 1. The number of aliphatic hydroxyl groups excluding tert-OH is 1. The second-order valence-corrected chi connectivity index (χ2v) is 5.11. The minimum Gasteiger partial charge on any atom is -0.389 e. The van der Waals surface area contributed by atoms with Crippen LogP contribution in [0.1, 0.15) is 43.8 Å². The van der Waals surface area contributed by atoms with E-state index in [1.807, 2.05) is 0 Å². The maximum Gasteiger partial charge on any atom is 0.240 e. The van der Waals surface area contributed by atoms with Crippen LogP contribution in [0.3, 0.4) is 0 Å². The fraction of sp³-hybridized carbons (Fsp3) is 0.846. The van der Waals surface area contributed by atoms with E-state index in [0.29, 0.717) is 37.5 Å². The summed E-state index contributed by atoms with van der Waals surface area (Å²) in [5.74, 6) is 1.16. The molecule has 1 atom stereocenters. The van der Waals surface area contributed by atoms with E-state index in [4.69, 9.17) is 9.26 Å². The smallest absolute Gasteiger partial charge is 0.240 e. The third-order valence-electron chi connectivity index (χ3n) is 3.30. The summed E-state index contributed by atoms with van der Waals surface area (Å²) in [5.41, 5.74) is 0. The summed E-state index contributed by atoms with van der Waals surface area (Å²) in [7, 11) is 0. The Morgan fingerprint density at radius 2 is 2.21 bits per heavy atom. The summed E-state index contributed by atoms with van der Waals surface area (Å²) in [6.45, 7) is 3.11. The molecule has 0 spiro atoms. The number of aromatic nitrogens is 2. The maximum absolute atomic E-state index is 9.81. The molecule has 1 aliphatic carbocycles. The zero-order valence-electron chi connectivity index (χ0n) is 11.5. The van der Waals surface area contributed by atoms with Crippen molar-refractivity contribution in [2.45, 2.75) is 57.8 Å². The lowest BCUT2D eigenvalue weighted by Gasteiger charge is -2.23. The monoisotopic (exact) mass is 269 g/mol. The van der Waals surface area contributed by atoms with Gasteiger partial charge in [0.2, 0.25) is 5.89 Å². The lowest BCUT2D eigenvalue weighted by Crippen LogP contribution is -2.32. The predicted molar refractivity (Wildman–Crippen MR) is 69.6 cm³/mol. The van der Waals surface area contributed by atoms with E-state index in [2.05, 4.69) is 15.5 Å². The van der Waals surface area contributed by atoms with Crippen LogP contribution in [-0.4, -0.2) is 40.6 Å². The van der Waals surface area contributed by atoms with Gasteiger partial charge in [-0.1, -0.05) is 24.4 Å². The standard InChI is InChI=1S/C13H23N3O3/c1-10-15-13(19-16-10)8-14-7-11(17)9-18-12-5-3-2-4-6-12/h11-12,14,17H,2-9H2,1H3. The van der Waals surface area contributed by atoms with Crippen LogP contribution in [0.4, 0.5) is 0 Å². The molecule has 1 aromatic heterocycles. The Bertz CT molecular complexity index is 364. The zero-order chi connectivity index (χ0) is 13.5. The predicted octanol–water partition coefficient (Wildman–Crippen LogP) is 1.18. The summed E-state index contributed by atoms with van der Waals surface area (Å²) >= 11 is 0. The highest BCUT2D eigenvalue weighted by Crippen LogP contribution is 2.20. The van der Waals surface area contributed by atoms with Crippen molar-refractivity contribution >= 4 is 0 Å². The molecular weight excluding hydrogens is 246 g/mol. The molecule has 1 fully saturated rings. The average molecular weight is 269 g/mol. The number of hydrogen-bond donors (Lipinski definition) is 2. The lowest BCUT2D eigenvalue weighted by molar-refractivity contribution is -0.0231. The van der Waals surface area contributed by atoms with Crippen LogP contribution >= 0.6 is 0 Å². The van der Waals surface area contributed by atoms with Crippen LogP contribution in [0.25, 0.3) is 0 Å². The number of hydrogen-bond acceptors (Lipinski definition) is 6. The molecule has 19 heavy (non-hydrogen) atoms. The van der Waals surface area contributed by atoms with Crippen molar-refractivity contribution in [2.24, 2.45) is 0 Å². The summed E-state index contributed by atoms with van der Waals surface area (Å²) < 4.78 is 10.7.